The molecule has 0 spiro atoms. The summed E-state index contributed by atoms with van der Waals surface area (Å²) in [5.74, 6) is 1.28. The number of halogens is 1. The summed E-state index contributed by atoms with van der Waals surface area (Å²) < 4.78 is 5.13. The van der Waals surface area contributed by atoms with Gasteiger partial charge in [-0.3, -0.25) is 5.10 Å². The first-order valence-electron chi connectivity index (χ1n) is 6.06. The van der Waals surface area contributed by atoms with Gasteiger partial charge in [-0.05, 0) is 25.3 Å². The minimum Gasteiger partial charge on any atom is -0.472 e. The van der Waals surface area contributed by atoms with E-state index in [1.807, 2.05) is 6.07 Å². The van der Waals surface area contributed by atoms with E-state index >= 15 is 0 Å². The maximum absolute atomic E-state index is 5.90. The number of hydrogen-bond donors (Lipinski definition) is 1. The van der Waals surface area contributed by atoms with Gasteiger partial charge in [0.05, 0.1) is 18.2 Å². The van der Waals surface area contributed by atoms with Crippen LogP contribution in [-0.2, 0) is 6.42 Å². The zero-order valence-electron chi connectivity index (χ0n) is 9.58. The third-order valence-corrected chi connectivity index (χ3v) is 3.74. The normalized spacial score (nSPS) is 16.1. The van der Waals surface area contributed by atoms with Crippen LogP contribution in [0, 0.1) is 0 Å². The Hall–Kier alpha value is -1.22. The van der Waals surface area contributed by atoms with E-state index < -0.39 is 0 Å². The first-order valence-corrected chi connectivity index (χ1v) is 6.59. The van der Waals surface area contributed by atoms with Crippen molar-refractivity contribution in [3.05, 3.63) is 29.9 Å². The van der Waals surface area contributed by atoms with Crippen LogP contribution >= 0.6 is 11.6 Å². The summed E-state index contributed by atoms with van der Waals surface area (Å²) in [5.41, 5.74) is 4.59. The standard InChI is InChI=1S/C13H15ClN2O/c14-6-4-11-12(9-2-1-3-9)15-16-13(11)10-5-7-17-8-10/h5,7-9H,1-4,6H2,(H,15,16). The molecule has 90 valence electrons. The van der Waals surface area contributed by atoms with Crippen molar-refractivity contribution < 1.29 is 4.42 Å². The molecule has 0 unspecified atom stereocenters. The summed E-state index contributed by atoms with van der Waals surface area (Å²) in [5, 5.41) is 7.64. The predicted molar refractivity (Wildman–Crippen MR) is 67.3 cm³/mol. The minimum absolute atomic E-state index is 0.629. The predicted octanol–water partition coefficient (Wildman–Crippen LogP) is 3.72. The average Bonchev–Trinajstić information content (AvgIpc) is 2.86. The summed E-state index contributed by atoms with van der Waals surface area (Å²) in [7, 11) is 0. The lowest BCUT2D eigenvalue weighted by Gasteiger charge is -2.25. The van der Waals surface area contributed by atoms with Gasteiger partial charge < -0.3 is 4.42 Å². The van der Waals surface area contributed by atoms with Crippen LogP contribution in [0.4, 0.5) is 0 Å². The molecule has 1 aliphatic rings. The third-order valence-electron chi connectivity index (χ3n) is 3.55. The van der Waals surface area contributed by atoms with Gasteiger partial charge in [-0.15, -0.1) is 11.6 Å². The van der Waals surface area contributed by atoms with Gasteiger partial charge in [0.1, 0.15) is 0 Å². The van der Waals surface area contributed by atoms with Gasteiger partial charge in [-0.1, -0.05) is 6.42 Å². The molecule has 1 aliphatic carbocycles. The lowest BCUT2D eigenvalue weighted by atomic mass is 9.80. The second-order valence-electron chi connectivity index (χ2n) is 4.54. The van der Waals surface area contributed by atoms with Gasteiger partial charge in [0, 0.05) is 28.6 Å². The SMILES string of the molecule is ClCCc1c(-c2ccoc2)n[nH]c1C1CCC1. The number of H-pyrrole nitrogens is 1. The monoisotopic (exact) mass is 250 g/mol. The molecule has 17 heavy (non-hydrogen) atoms. The molecule has 0 bridgehead atoms. The summed E-state index contributed by atoms with van der Waals surface area (Å²) in [6, 6.07) is 1.94. The van der Waals surface area contributed by atoms with Crippen LogP contribution in [0.3, 0.4) is 0 Å². The Kier molecular flexibility index (Phi) is 2.93. The van der Waals surface area contributed by atoms with Crippen molar-refractivity contribution in [2.24, 2.45) is 0 Å². The minimum atomic E-state index is 0.629. The molecule has 3 nitrogen and oxygen atoms in total. The van der Waals surface area contributed by atoms with Crippen molar-refractivity contribution in [3.8, 4) is 11.3 Å². The van der Waals surface area contributed by atoms with Crippen molar-refractivity contribution in [2.45, 2.75) is 31.6 Å². The fraction of sp³-hybridized carbons (Fsp3) is 0.462. The van der Waals surface area contributed by atoms with Gasteiger partial charge in [-0.25, -0.2) is 0 Å². The van der Waals surface area contributed by atoms with Crippen molar-refractivity contribution in [2.75, 3.05) is 5.88 Å². The van der Waals surface area contributed by atoms with Crippen LogP contribution in [0.1, 0.15) is 36.4 Å². The second kappa shape index (κ2) is 4.57. The highest BCUT2D eigenvalue weighted by Crippen LogP contribution is 2.39. The van der Waals surface area contributed by atoms with Crippen molar-refractivity contribution in [1.82, 2.24) is 10.2 Å². The third kappa shape index (κ3) is 1.89. The molecule has 0 amide bonds. The molecule has 1 saturated carbocycles. The molecular weight excluding hydrogens is 236 g/mol. The molecule has 1 fully saturated rings. The Labute approximate surface area is 105 Å². The number of furan rings is 1. The van der Waals surface area contributed by atoms with E-state index in [1.165, 1.54) is 30.5 Å². The van der Waals surface area contributed by atoms with Gasteiger partial charge in [0.25, 0.3) is 0 Å². The largest absolute Gasteiger partial charge is 0.472 e. The number of nitrogens with one attached hydrogen (secondary N) is 1. The molecule has 1 N–H and O–H groups in total. The smallest absolute Gasteiger partial charge is 0.0997 e. The Morgan fingerprint density at radius 2 is 2.35 bits per heavy atom. The van der Waals surface area contributed by atoms with Crippen LogP contribution < -0.4 is 0 Å². The molecule has 3 rings (SSSR count). The van der Waals surface area contributed by atoms with Crippen LogP contribution in [-0.4, -0.2) is 16.1 Å². The lowest BCUT2D eigenvalue weighted by Crippen LogP contribution is -2.11. The highest BCUT2D eigenvalue weighted by atomic mass is 35.5. The van der Waals surface area contributed by atoms with Gasteiger partial charge in [-0.2, -0.15) is 5.10 Å². The van der Waals surface area contributed by atoms with Crippen molar-refractivity contribution in [1.29, 1.82) is 0 Å². The summed E-state index contributed by atoms with van der Waals surface area (Å²) in [4.78, 5) is 0. The Balaban J connectivity index is 2.00. The number of alkyl halides is 1. The van der Waals surface area contributed by atoms with Gasteiger partial charge >= 0.3 is 0 Å². The highest BCUT2D eigenvalue weighted by molar-refractivity contribution is 6.18. The maximum Gasteiger partial charge on any atom is 0.0997 e. The number of aromatic nitrogens is 2. The van der Waals surface area contributed by atoms with Gasteiger partial charge in [0.2, 0.25) is 0 Å². The molecule has 0 aliphatic heterocycles. The van der Waals surface area contributed by atoms with Crippen LogP contribution in [0.5, 0.6) is 0 Å². The lowest BCUT2D eigenvalue weighted by molar-refractivity contribution is 0.408. The first-order chi connectivity index (χ1) is 8.40. The Bertz CT molecular complexity index is 485. The van der Waals surface area contributed by atoms with Crippen molar-refractivity contribution in [3.63, 3.8) is 0 Å². The topological polar surface area (TPSA) is 41.8 Å². The summed E-state index contributed by atoms with van der Waals surface area (Å²) in [6.45, 7) is 0. The molecule has 0 atom stereocenters. The fourth-order valence-electron chi connectivity index (χ4n) is 2.40. The zero-order chi connectivity index (χ0) is 11.7. The number of rotatable bonds is 4. The number of nitrogens with zero attached hydrogens (tertiary/aromatic N) is 1. The van der Waals surface area contributed by atoms with E-state index in [0.29, 0.717) is 11.8 Å². The summed E-state index contributed by atoms with van der Waals surface area (Å²) in [6.07, 6.45) is 8.13. The molecule has 0 radical (unpaired) electrons. The summed E-state index contributed by atoms with van der Waals surface area (Å²) >= 11 is 5.90. The molecule has 2 heterocycles. The Morgan fingerprint density at radius 1 is 1.47 bits per heavy atom. The number of hydrogen-bond acceptors (Lipinski definition) is 2. The maximum atomic E-state index is 5.90. The quantitative estimate of drug-likeness (QED) is 0.841. The van der Waals surface area contributed by atoms with Gasteiger partial charge in [0.15, 0.2) is 0 Å². The highest BCUT2D eigenvalue weighted by Gasteiger charge is 2.26. The van der Waals surface area contributed by atoms with E-state index in [1.54, 1.807) is 12.5 Å². The Morgan fingerprint density at radius 3 is 2.94 bits per heavy atom. The van der Waals surface area contributed by atoms with Crippen molar-refractivity contribution >= 4 is 11.6 Å². The van der Waals surface area contributed by atoms with E-state index in [0.717, 1.165) is 17.7 Å². The fourth-order valence-corrected chi connectivity index (χ4v) is 2.59. The van der Waals surface area contributed by atoms with E-state index in [2.05, 4.69) is 10.2 Å². The van der Waals surface area contributed by atoms with E-state index in [4.69, 9.17) is 16.0 Å². The molecule has 0 aromatic carbocycles. The first kappa shape index (κ1) is 10.9. The van der Waals surface area contributed by atoms with Crippen LogP contribution in [0.25, 0.3) is 11.3 Å². The number of aromatic amines is 1. The molecule has 4 heteroatoms. The van der Waals surface area contributed by atoms with E-state index in [-0.39, 0.29) is 0 Å². The molecule has 2 aromatic heterocycles. The zero-order valence-corrected chi connectivity index (χ0v) is 10.3. The molecular formula is C13H15ClN2O. The second-order valence-corrected chi connectivity index (χ2v) is 4.92. The molecule has 0 saturated heterocycles. The molecule has 2 aromatic rings. The van der Waals surface area contributed by atoms with E-state index in [9.17, 15) is 0 Å². The van der Waals surface area contributed by atoms with Crippen LogP contribution in [0.2, 0.25) is 0 Å². The average molecular weight is 251 g/mol. The van der Waals surface area contributed by atoms with Crippen LogP contribution in [0.15, 0.2) is 23.0 Å².